The Morgan fingerprint density at radius 1 is 0.325 bits per heavy atom. The molecule has 0 unspecified atom stereocenters. The highest BCUT2D eigenvalue weighted by molar-refractivity contribution is 6.95. The van der Waals surface area contributed by atoms with Crippen LogP contribution in [0.1, 0.15) is 27.8 Å². The second-order valence-corrected chi connectivity index (χ2v) is 9.98. The number of rotatable bonds is 8. The molecule has 6 aromatic carbocycles. The summed E-state index contributed by atoms with van der Waals surface area (Å²) in [5, 5.41) is 0. The average Bonchev–Trinajstić information content (AvgIpc) is 3.04. The normalized spacial score (nSPS) is 10.9. The summed E-state index contributed by atoms with van der Waals surface area (Å²) in [5.74, 6) is 1.25. The molecule has 188 valence electrons. The highest BCUT2D eigenvalue weighted by Crippen LogP contribution is 2.31. The first kappa shape index (κ1) is 25.3. The van der Waals surface area contributed by atoms with E-state index in [2.05, 4.69) is 182 Å². The zero-order valence-corrected chi connectivity index (χ0v) is 22.4. The summed E-state index contributed by atoms with van der Waals surface area (Å²) in [4.78, 5) is 0. The fourth-order valence-corrected chi connectivity index (χ4v) is 5.33. The van der Waals surface area contributed by atoms with Crippen LogP contribution in [-0.2, 0) is 0 Å². The molecule has 6 aromatic rings. The Kier molecular flexibility index (Phi) is 7.73. The summed E-state index contributed by atoms with van der Waals surface area (Å²) in [6.07, 6.45) is 4.38. The molecule has 0 aliphatic rings. The molecule has 0 radical (unpaired) electrons. The van der Waals surface area contributed by atoms with E-state index in [1.807, 2.05) is 0 Å². The third-order valence-corrected chi connectivity index (χ3v) is 7.33. The van der Waals surface area contributed by atoms with Crippen molar-refractivity contribution in [2.24, 2.45) is 0 Å². The van der Waals surface area contributed by atoms with E-state index in [-0.39, 0.29) is 6.71 Å². The minimum Gasteiger partial charge on any atom is -0.0687 e. The largest absolute Gasteiger partial charge is 0.241 e. The summed E-state index contributed by atoms with van der Waals surface area (Å²) in [5.41, 5.74) is 9.94. The molecule has 0 saturated heterocycles. The van der Waals surface area contributed by atoms with Gasteiger partial charge in [0.2, 0.25) is 6.71 Å². The van der Waals surface area contributed by atoms with Crippen LogP contribution in [0.15, 0.2) is 170 Å². The van der Waals surface area contributed by atoms with Gasteiger partial charge in [-0.05, 0) is 83.9 Å². The van der Waals surface area contributed by atoms with Gasteiger partial charge in [-0.3, -0.25) is 0 Å². The van der Waals surface area contributed by atoms with E-state index in [4.69, 9.17) is 0 Å². The van der Waals surface area contributed by atoms with Crippen molar-refractivity contribution in [2.75, 3.05) is 0 Å². The predicted molar refractivity (Wildman–Crippen MR) is 173 cm³/mol. The molecule has 0 spiro atoms. The molecule has 0 saturated carbocycles. The number of hydrogen-bond acceptors (Lipinski definition) is 0. The highest BCUT2D eigenvalue weighted by atomic mass is 14.2. The molecule has 0 atom stereocenters. The average molecular weight is 509 g/mol. The van der Waals surface area contributed by atoms with Crippen molar-refractivity contribution in [3.05, 3.63) is 204 Å². The maximum atomic E-state index is 2.26. The van der Waals surface area contributed by atoms with Gasteiger partial charge < -0.3 is 0 Å². The third-order valence-electron chi connectivity index (χ3n) is 7.33. The molecule has 0 aromatic heterocycles. The van der Waals surface area contributed by atoms with Crippen LogP contribution in [0.5, 0.6) is 0 Å². The van der Waals surface area contributed by atoms with Crippen molar-refractivity contribution in [3.8, 4) is 0 Å². The summed E-state index contributed by atoms with van der Waals surface area (Å²) in [6, 6.07) is 60.6. The monoisotopic (exact) mass is 509 g/mol. The minimum atomic E-state index is 0.215. The van der Waals surface area contributed by atoms with Crippen LogP contribution in [0.4, 0.5) is 0 Å². The van der Waals surface area contributed by atoms with Crippen molar-refractivity contribution in [1.29, 1.82) is 0 Å². The van der Waals surface area contributed by atoms with Crippen molar-refractivity contribution < 1.29 is 0 Å². The van der Waals surface area contributed by atoms with Gasteiger partial charge in [-0.25, -0.2) is 0 Å². The van der Waals surface area contributed by atoms with Crippen LogP contribution in [0.25, 0.3) is 12.2 Å². The molecule has 0 N–H and O–H groups in total. The first-order chi connectivity index (χ1) is 19.8. The van der Waals surface area contributed by atoms with Gasteiger partial charge in [-0.2, -0.15) is 0 Å². The van der Waals surface area contributed by atoms with Crippen LogP contribution >= 0.6 is 0 Å². The highest BCUT2D eigenvalue weighted by Gasteiger charge is 2.22. The Balaban J connectivity index is 1.22. The number of benzene rings is 6. The van der Waals surface area contributed by atoms with Gasteiger partial charge in [0.1, 0.15) is 0 Å². The Labute approximate surface area is 238 Å². The van der Waals surface area contributed by atoms with Gasteiger partial charge in [-0.1, -0.05) is 126 Å². The third kappa shape index (κ3) is 5.85. The lowest BCUT2D eigenvalue weighted by Crippen LogP contribution is -2.51. The Morgan fingerprint density at radius 3 is 1.07 bits per heavy atom. The smallest absolute Gasteiger partial charge is 0.0687 e. The summed E-state index contributed by atoms with van der Waals surface area (Å²) >= 11 is 0. The molecule has 6 rings (SSSR count). The molecule has 1 heteroatoms. The van der Waals surface area contributed by atoms with Crippen molar-refractivity contribution in [3.63, 3.8) is 0 Å². The van der Waals surface area contributed by atoms with E-state index in [1.54, 1.807) is 0 Å². The van der Waals surface area contributed by atoms with E-state index in [9.17, 15) is 0 Å². The first-order valence-corrected chi connectivity index (χ1v) is 13.8. The predicted octanol–water partition coefficient (Wildman–Crippen LogP) is 7.39. The Bertz CT molecular complexity index is 1430. The first-order valence-electron chi connectivity index (χ1n) is 13.8. The van der Waals surface area contributed by atoms with Gasteiger partial charge in [0.15, 0.2) is 0 Å². The minimum absolute atomic E-state index is 0.215. The summed E-state index contributed by atoms with van der Waals surface area (Å²) < 4.78 is 0. The van der Waals surface area contributed by atoms with Crippen LogP contribution in [-0.4, -0.2) is 6.71 Å². The molecule has 0 amide bonds. The van der Waals surface area contributed by atoms with Crippen molar-refractivity contribution >= 4 is 35.3 Å². The van der Waals surface area contributed by atoms with Crippen LogP contribution in [0.3, 0.4) is 0 Å². The fraction of sp³-hybridized carbons (Fsp3) is 0. The van der Waals surface area contributed by atoms with Gasteiger partial charge >= 0.3 is 0 Å². The molecule has 0 nitrogen and oxygen atoms in total. The molecule has 0 bridgehead atoms. The molecule has 0 heterocycles. The van der Waals surface area contributed by atoms with Crippen molar-refractivity contribution in [2.45, 2.75) is 0 Å². The lowest BCUT2D eigenvalue weighted by molar-refractivity contribution is 1.23. The number of hydrogen-bond donors (Lipinski definition) is 0. The Hall–Kier alpha value is -5.01. The summed E-state index contributed by atoms with van der Waals surface area (Å²) in [7, 11) is 0. The zero-order chi connectivity index (χ0) is 27.0. The van der Waals surface area contributed by atoms with E-state index >= 15 is 0 Å². The second-order valence-electron chi connectivity index (χ2n) is 9.98. The van der Waals surface area contributed by atoms with E-state index < -0.39 is 0 Å². The quantitative estimate of drug-likeness (QED) is 0.0869. The lowest BCUT2D eigenvalue weighted by atomic mass is 9.37. The molecule has 0 aliphatic heterocycles. The topological polar surface area (TPSA) is 0 Å². The van der Waals surface area contributed by atoms with Gasteiger partial charge in [-0.15, -0.1) is 0 Å². The maximum Gasteiger partial charge on any atom is 0.241 e. The molecule has 0 aliphatic carbocycles. The van der Waals surface area contributed by atoms with Crippen LogP contribution < -0.4 is 16.4 Å². The summed E-state index contributed by atoms with van der Waals surface area (Å²) in [6.45, 7) is 0.215. The SMILES string of the molecule is C(=C\c1ccc([C+](c2ccccc2)c2ccccc2)cc1)/c1ccc(B(c2ccccc2)c2ccccc2)cc1. The Morgan fingerprint density at radius 2 is 0.650 bits per heavy atom. The fourth-order valence-electron chi connectivity index (χ4n) is 5.33. The van der Waals surface area contributed by atoms with E-state index in [1.165, 1.54) is 50.1 Å². The van der Waals surface area contributed by atoms with Crippen LogP contribution in [0.2, 0.25) is 0 Å². The molecular weight excluding hydrogens is 479 g/mol. The zero-order valence-electron chi connectivity index (χ0n) is 22.4. The van der Waals surface area contributed by atoms with E-state index in [0.717, 1.165) is 0 Å². The standard InChI is InChI=1S/C39H30B/c1-5-13-33(14-6-1)39(34-15-7-2-8-16-34)35-27-23-31(24-28-35)21-22-32-25-29-38(30-26-32)40(36-17-9-3-10-18-36)37-19-11-4-12-20-37/h1-30H/q+1/b22-21+. The molecule has 40 heavy (non-hydrogen) atoms. The molecule has 0 fully saturated rings. The van der Waals surface area contributed by atoms with Crippen molar-refractivity contribution in [1.82, 2.24) is 0 Å². The van der Waals surface area contributed by atoms with Crippen LogP contribution in [0, 0.1) is 5.92 Å². The molecular formula is C39H30B+. The van der Waals surface area contributed by atoms with Gasteiger partial charge in [0.25, 0.3) is 0 Å². The van der Waals surface area contributed by atoms with Gasteiger partial charge in [0, 0.05) is 0 Å². The maximum absolute atomic E-state index is 2.26. The second kappa shape index (κ2) is 12.2. The lowest BCUT2D eigenvalue weighted by Gasteiger charge is -2.15. The van der Waals surface area contributed by atoms with Gasteiger partial charge in [0.05, 0.1) is 22.6 Å². The van der Waals surface area contributed by atoms with E-state index in [0.29, 0.717) is 0 Å².